The third kappa shape index (κ3) is 3.86. The molecule has 2 aromatic carbocycles. The molecule has 102 valence electrons. The fraction of sp³-hybridized carbons (Fsp3) is 0.278. The van der Waals surface area contributed by atoms with Gasteiger partial charge in [0.25, 0.3) is 0 Å². The fourth-order valence-electron chi connectivity index (χ4n) is 2.35. The summed E-state index contributed by atoms with van der Waals surface area (Å²) in [6, 6.07) is 20.7. The number of benzene rings is 2. The number of aryl methyl sites for hydroxylation is 1. The van der Waals surface area contributed by atoms with E-state index in [1.165, 1.54) is 11.1 Å². The summed E-state index contributed by atoms with van der Waals surface area (Å²) in [5.41, 5.74) is 3.48. The molecule has 0 spiro atoms. The van der Waals surface area contributed by atoms with E-state index in [9.17, 15) is 5.26 Å². The number of hydrogen-bond donors (Lipinski definition) is 1. The van der Waals surface area contributed by atoms with Crippen molar-refractivity contribution in [3.8, 4) is 6.07 Å². The first-order chi connectivity index (χ1) is 9.69. The number of hydrogen-bond acceptors (Lipinski definition) is 2. The van der Waals surface area contributed by atoms with E-state index in [0.717, 1.165) is 12.1 Å². The van der Waals surface area contributed by atoms with E-state index >= 15 is 0 Å². The van der Waals surface area contributed by atoms with Crippen LogP contribution in [0.15, 0.2) is 54.6 Å². The van der Waals surface area contributed by atoms with E-state index in [1.807, 2.05) is 30.3 Å². The largest absolute Gasteiger partial charge is 0.370 e. The molecular formula is C18H20N2. The van der Waals surface area contributed by atoms with E-state index in [0.29, 0.717) is 5.92 Å². The molecule has 2 rings (SSSR count). The van der Waals surface area contributed by atoms with E-state index in [1.54, 1.807) is 0 Å². The van der Waals surface area contributed by atoms with Gasteiger partial charge in [0.2, 0.25) is 0 Å². The summed E-state index contributed by atoms with van der Waals surface area (Å²) >= 11 is 0. The number of nitriles is 1. The molecule has 2 heteroatoms. The molecule has 0 aliphatic rings. The van der Waals surface area contributed by atoms with Crippen LogP contribution in [0, 0.1) is 18.3 Å². The zero-order valence-electron chi connectivity index (χ0n) is 12.0. The van der Waals surface area contributed by atoms with Gasteiger partial charge >= 0.3 is 0 Å². The van der Waals surface area contributed by atoms with Gasteiger partial charge in [0.15, 0.2) is 0 Å². The quantitative estimate of drug-likeness (QED) is 0.863. The average Bonchev–Trinajstić information content (AvgIpc) is 2.47. The number of nitrogens with one attached hydrogen (secondary N) is 1. The van der Waals surface area contributed by atoms with Crippen LogP contribution in [0.1, 0.15) is 30.4 Å². The maximum Gasteiger partial charge on any atom is 0.115 e. The summed E-state index contributed by atoms with van der Waals surface area (Å²) in [6.07, 6.45) is 0.800. The van der Waals surface area contributed by atoms with Crippen LogP contribution in [0.2, 0.25) is 0 Å². The van der Waals surface area contributed by atoms with Crippen molar-refractivity contribution in [3.63, 3.8) is 0 Å². The van der Waals surface area contributed by atoms with E-state index in [2.05, 4.69) is 49.5 Å². The Kier molecular flexibility index (Phi) is 4.79. The lowest BCUT2D eigenvalue weighted by Gasteiger charge is -2.18. The molecule has 2 unspecified atom stereocenters. The van der Waals surface area contributed by atoms with Crippen LogP contribution in [-0.4, -0.2) is 6.04 Å². The van der Waals surface area contributed by atoms with Gasteiger partial charge in [-0.05, 0) is 42.5 Å². The lowest BCUT2D eigenvalue weighted by atomic mass is 9.94. The highest BCUT2D eigenvalue weighted by Crippen LogP contribution is 2.22. The Morgan fingerprint density at radius 3 is 2.50 bits per heavy atom. The third-order valence-electron chi connectivity index (χ3n) is 3.47. The minimum atomic E-state index is -0.174. The topological polar surface area (TPSA) is 35.8 Å². The number of rotatable bonds is 5. The van der Waals surface area contributed by atoms with Crippen LogP contribution in [-0.2, 0) is 0 Å². The van der Waals surface area contributed by atoms with Gasteiger partial charge in [-0.2, -0.15) is 5.26 Å². The molecule has 2 aromatic rings. The second-order valence-electron chi connectivity index (χ2n) is 5.24. The standard InChI is InChI=1S/C18H20N2/c1-14-7-6-10-17(11-14)20-18(13-19)12-15(2)16-8-4-3-5-9-16/h3-11,15,18,20H,12H2,1-2H3. The summed E-state index contributed by atoms with van der Waals surface area (Å²) in [5, 5.41) is 12.6. The van der Waals surface area contributed by atoms with Crippen molar-refractivity contribution < 1.29 is 0 Å². The van der Waals surface area contributed by atoms with Crippen LogP contribution in [0.3, 0.4) is 0 Å². The van der Waals surface area contributed by atoms with Crippen molar-refractivity contribution in [3.05, 3.63) is 65.7 Å². The molecule has 0 saturated carbocycles. The second kappa shape index (κ2) is 6.77. The summed E-state index contributed by atoms with van der Waals surface area (Å²) in [6.45, 7) is 4.22. The minimum Gasteiger partial charge on any atom is -0.370 e. The molecule has 0 fully saturated rings. The van der Waals surface area contributed by atoms with Gasteiger partial charge in [0.1, 0.15) is 6.04 Å². The fourth-order valence-corrected chi connectivity index (χ4v) is 2.35. The van der Waals surface area contributed by atoms with Crippen molar-refractivity contribution in [2.24, 2.45) is 0 Å². The van der Waals surface area contributed by atoms with Gasteiger partial charge in [-0.25, -0.2) is 0 Å². The molecule has 1 N–H and O–H groups in total. The maximum absolute atomic E-state index is 9.34. The van der Waals surface area contributed by atoms with Gasteiger partial charge in [-0.3, -0.25) is 0 Å². The third-order valence-corrected chi connectivity index (χ3v) is 3.47. The van der Waals surface area contributed by atoms with Crippen molar-refractivity contribution in [1.29, 1.82) is 5.26 Å². The predicted octanol–water partition coefficient (Wildman–Crippen LogP) is 4.49. The zero-order chi connectivity index (χ0) is 14.4. The Morgan fingerprint density at radius 1 is 1.10 bits per heavy atom. The average molecular weight is 264 g/mol. The summed E-state index contributed by atoms with van der Waals surface area (Å²) in [5.74, 6) is 0.359. The molecule has 2 nitrogen and oxygen atoms in total. The Bertz CT molecular complexity index is 584. The Labute approximate surface area is 121 Å². The lowest BCUT2D eigenvalue weighted by molar-refractivity contribution is 0.652. The van der Waals surface area contributed by atoms with Gasteiger partial charge in [0, 0.05) is 5.69 Å². The monoisotopic (exact) mass is 264 g/mol. The van der Waals surface area contributed by atoms with E-state index < -0.39 is 0 Å². The van der Waals surface area contributed by atoms with E-state index in [4.69, 9.17) is 0 Å². The SMILES string of the molecule is Cc1cccc(NC(C#N)CC(C)c2ccccc2)c1. The normalized spacial score (nSPS) is 13.2. The van der Waals surface area contributed by atoms with E-state index in [-0.39, 0.29) is 6.04 Å². The molecule has 0 saturated heterocycles. The second-order valence-corrected chi connectivity index (χ2v) is 5.24. The molecule has 0 aromatic heterocycles. The number of nitrogens with zero attached hydrogens (tertiary/aromatic N) is 1. The van der Waals surface area contributed by atoms with Gasteiger partial charge in [-0.15, -0.1) is 0 Å². The molecule has 0 bridgehead atoms. The first-order valence-corrected chi connectivity index (χ1v) is 6.97. The van der Waals surface area contributed by atoms with Crippen LogP contribution >= 0.6 is 0 Å². The van der Waals surface area contributed by atoms with Gasteiger partial charge in [-0.1, -0.05) is 49.4 Å². The summed E-state index contributed by atoms with van der Waals surface area (Å²) in [4.78, 5) is 0. The Hall–Kier alpha value is -2.27. The number of anilines is 1. The molecule has 0 aliphatic heterocycles. The summed E-state index contributed by atoms with van der Waals surface area (Å²) in [7, 11) is 0. The first kappa shape index (κ1) is 14.1. The van der Waals surface area contributed by atoms with Crippen LogP contribution < -0.4 is 5.32 Å². The molecule has 0 aliphatic carbocycles. The van der Waals surface area contributed by atoms with Crippen molar-refractivity contribution >= 4 is 5.69 Å². The maximum atomic E-state index is 9.34. The molecular weight excluding hydrogens is 244 g/mol. The molecule has 0 amide bonds. The molecule has 20 heavy (non-hydrogen) atoms. The van der Waals surface area contributed by atoms with Gasteiger partial charge in [0.05, 0.1) is 6.07 Å². The Balaban J connectivity index is 2.01. The molecule has 0 radical (unpaired) electrons. The van der Waals surface area contributed by atoms with Crippen LogP contribution in [0.5, 0.6) is 0 Å². The van der Waals surface area contributed by atoms with Crippen molar-refractivity contribution in [1.82, 2.24) is 0 Å². The highest BCUT2D eigenvalue weighted by Gasteiger charge is 2.13. The van der Waals surface area contributed by atoms with Crippen molar-refractivity contribution in [2.75, 3.05) is 5.32 Å². The smallest absolute Gasteiger partial charge is 0.115 e. The predicted molar refractivity (Wildman–Crippen MR) is 83.7 cm³/mol. The highest BCUT2D eigenvalue weighted by atomic mass is 14.9. The minimum absolute atomic E-state index is 0.174. The first-order valence-electron chi connectivity index (χ1n) is 6.97. The van der Waals surface area contributed by atoms with Crippen molar-refractivity contribution in [2.45, 2.75) is 32.2 Å². The van der Waals surface area contributed by atoms with Crippen LogP contribution in [0.4, 0.5) is 5.69 Å². The molecule has 0 heterocycles. The molecule has 2 atom stereocenters. The lowest BCUT2D eigenvalue weighted by Crippen LogP contribution is -2.19. The summed E-state index contributed by atoms with van der Waals surface area (Å²) < 4.78 is 0. The zero-order valence-corrected chi connectivity index (χ0v) is 12.0. The Morgan fingerprint density at radius 2 is 1.85 bits per heavy atom. The highest BCUT2D eigenvalue weighted by molar-refractivity contribution is 5.47. The van der Waals surface area contributed by atoms with Crippen LogP contribution in [0.25, 0.3) is 0 Å². The van der Waals surface area contributed by atoms with Gasteiger partial charge < -0.3 is 5.32 Å².